The van der Waals surface area contributed by atoms with Gasteiger partial charge in [-0.3, -0.25) is 10.1 Å². The standard InChI is InChI=1S/C11H16N2O2/c1-3-9-11(14)12-4-10(13-9)8-6-15-5-7(8)2/h5-6,9-10,13H,3-4H2,1-2H3,(H,12,14). The topological polar surface area (TPSA) is 54.3 Å². The number of carbonyl (C=O) groups is 1. The lowest BCUT2D eigenvalue weighted by atomic mass is 10.0. The largest absolute Gasteiger partial charge is 0.472 e. The molecule has 1 fully saturated rings. The average Bonchev–Trinajstić information content (AvgIpc) is 2.65. The van der Waals surface area contributed by atoms with Crippen LogP contribution in [0.15, 0.2) is 16.9 Å². The van der Waals surface area contributed by atoms with Crippen molar-refractivity contribution in [1.29, 1.82) is 0 Å². The van der Waals surface area contributed by atoms with Crippen molar-refractivity contribution in [2.75, 3.05) is 6.54 Å². The van der Waals surface area contributed by atoms with E-state index < -0.39 is 0 Å². The Hall–Kier alpha value is -1.29. The van der Waals surface area contributed by atoms with Crippen LogP contribution >= 0.6 is 0 Å². The van der Waals surface area contributed by atoms with Crippen LogP contribution in [0.5, 0.6) is 0 Å². The van der Waals surface area contributed by atoms with E-state index in [1.807, 2.05) is 13.8 Å². The minimum absolute atomic E-state index is 0.0851. The van der Waals surface area contributed by atoms with Crippen LogP contribution in [-0.2, 0) is 4.79 Å². The Morgan fingerprint density at radius 3 is 2.93 bits per heavy atom. The zero-order chi connectivity index (χ0) is 10.8. The third-order valence-corrected chi connectivity index (χ3v) is 2.88. The predicted molar refractivity (Wildman–Crippen MR) is 56.4 cm³/mol. The summed E-state index contributed by atoms with van der Waals surface area (Å²) in [7, 11) is 0. The number of furan rings is 1. The third kappa shape index (κ3) is 1.90. The maximum absolute atomic E-state index is 11.4. The van der Waals surface area contributed by atoms with Gasteiger partial charge in [0.05, 0.1) is 24.6 Å². The van der Waals surface area contributed by atoms with Gasteiger partial charge in [0.1, 0.15) is 0 Å². The first-order valence-electron chi connectivity index (χ1n) is 5.28. The highest BCUT2D eigenvalue weighted by molar-refractivity contribution is 5.82. The normalized spacial score (nSPS) is 26.4. The van der Waals surface area contributed by atoms with E-state index in [0.29, 0.717) is 6.54 Å². The summed E-state index contributed by atoms with van der Waals surface area (Å²) in [6.45, 7) is 4.65. The quantitative estimate of drug-likeness (QED) is 0.766. The first-order chi connectivity index (χ1) is 7.22. The van der Waals surface area contributed by atoms with Gasteiger partial charge >= 0.3 is 0 Å². The van der Waals surface area contributed by atoms with Crippen LogP contribution in [0.3, 0.4) is 0 Å². The maximum Gasteiger partial charge on any atom is 0.237 e. The predicted octanol–water partition coefficient (Wildman–Crippen LogP) is 1.13. The van der Waals surface area contributed by atoms with Gasteiger partial charge < -0.3 is 9.73 Å². The van der Waals surface area contributed by atoms with E-state index in [1.165, 1.54) is 0 Å². The van der Waals surface area contributed by atoms with Crippen LogP contribution in [0.25, 0.3) is 0 Å². The summed E-state index contributed by atoms with van der Waals surface area (Å²) in [5, 5.41) is 6.23. The highest BCUT2D eigenvalue weighted by Gasteiger charge is 2.28. The van der Waals surface area contributed by atoms with Crippen molar-refractivity contribution in [2.45, 2.75) is 32.4 Å². The number of amides is 1. The van der Waals surface area contributed by atoms with Crippen molar-refractivity contribution in [2.24, 2.45) is 0 Å². The van der Waals surface area contributed by atoms with Gasteiger partial charge in [-0.05, 0) is 18.9 Å². The van der Waals surface area contributed by atoms with E-state index in [2.05, 4.69) is 10.6 Å². The molecule has 0 spiro atoms. The lowest BCUT2D eigenvalue weighted by Crippen LogP contribution is -2.54. The molecule has 0 bridgehead atoms. The Balaban J connectivity index is 2.13. The molecule has 4 nitrogen and oxygen atoms in total. The molecule has 82 valence electrons. The molecular weight excluding hydrogens is 192 g/mol. The van der Waals surface area contributed by atoms with Crippen molar-refractivity contribution >= 4 is 5.91 Å². The van der Waals surface area contributed by atoms with Gasteiger partial charge in [-0.25, -0.2) is 0 Å². The lowest BCUT2D eigenvalue weighted by Gasteiger charge is -2.30. The second kappa shape index (κ2) is 4.06. The molecule has 1 aromatic rings. The second-order valence-corrected chi connectivity index (χ2v) is 3.94. The second-order valence-electron chi connectivity index (χ2n) is 3.94. The van der Waals surface area contributed by atoms with E-state index in [9.17, 15) is 4.79 Å². The fourth-order valence-electron chi connectivity index (χ4n) is 1.93. The summed E-state index contributed by atoms with van der Waals surface area (Å²) in [6, 6.07) is 0.0875. The number of hydrogen-bond donors (Lipinski definition) is 2. The Labute approximate surface area is 89.0 Å². The fraction of sp³-hybridized carbons (Fsp3) is 0.545. The van der Waals surface area contributed by atoms with Crippen molar-refractivity contribution in [3.8, 4) is 0 Å². The first-order valence-corrected chi connectivity index (χ1v) is 5.28. The third-order valence-electron chi connectivity index (χ3n) is 2.88. The van der Waals surface area contributed by atoms with Crippen molar-refractivity contribution < 1.29 is 9.21 Å². The van der Waals surface area contributed by atoms with Gasteiger partial charge in [-0.2, -0.15) is 0 Å². The molecule has 0 aromatic carbocycles. The fourth-order valence-corrected chi connectivity index (χ4v) is 1.93. The molecule has 2 heterocycles. The summed E-state index contributed by atoms with van der Waals surface area (Å²) < 4.78 is 5.14. The molecule has 2 unspecified atom stereocenters. The van der Waals surface area contributed by atoms with Gasteiger partial charge in [0.25, 0.3) is 0 Å². The molecule has 4 heteroatoms. The van der Waals surface area contributed by atoms with Crippen LogP contribution in [0.4, 0.5) is 0 Å². The molecular formula is C11H16N2O2. The zero-order valence-corrected chi connectivity index (χ0v) is 9.04. The van der Waals surface area contributed by atoms with Gasteiger partial charge in [-0.1, -0.05) is 6.92 Å². The molecule has 2 atom stereocenters. The van der Waals surface area contributed by atoms with Gasteiger partial charge in [0, 0.05) is 12.1 Å². The molecule has 1 aromatic heterocycles. The number of piperazine rings is 1. The van der Waals surface area contributed by atoms with Crippen LogP contribution in [0, 0.1) is 6.92 Å². The number of nitrogens with one attached hydrogen (secondary N) is 2. The molecule has 1 aliphatic heterocycles. The van der Waals surface area contributed by atoms with E-state index >= 15 is 0 Å². The molecule has 1 saturated heterocycles. The molecule has 2 rings (SSSR count). The van der Waals surface area contributed by atoms with E-state index in [4.69, 9.17) is 4.42 Å². The van der Waals surface area contributed by atoms with E-state index in [1.54, 1.807) is 12.5 Å². The summed E-state index contributed by atoms with van der Waals surface area (Å²) in [5.74, 6) is 0.0925. The van der Waals surface area contributed by atoms with Crippen LogP contribution in [-0.4, -0.2) is 18.5 Å². The van der Waals surface area contributed by atoms with E-state index in [0.717, 1.165) is 17.5 Å². The molecule has 0 radical (unpaired) electrons. The van der Waals surface area contributed by atoms with Gasteiger partial charge in [0.2, 0.25) is 5.91 Å². The summed E-state index contributed by atoms with van der Waals surface area (Å²) in [6.07, 6.45) is 4.28. The highest BCUT2D eigenvalue weighted by atomic mass is 16.3. The monoisotopic (exact) mass is 208 g/mol. The van der Waals surface area contributed by atoms with Gasteiger partial charge in [0.15, 0.2) is 0 Å². The van der Waals surface area contributed by atoms with Gasteiger partial charge in [-0.15, -0.1) is 0 Å². The maximum atomic E-state index is 11.4. The number of rotatable bonds is 2. The SMILES string of the molecule is CCC1NC(c2cocc2C)CNC1=O. The van der Waals surface area contributed by atoms with Crippen molar-refractivity contribution in [3.05, 3.63) is 23.7 Å². The summed E-state index contributed by atoms with van der Waals surface area (Å²) in [5.41, 5.74) is 2.26. The zero-order valence-electron chi connectivity index (χ0n) is 9.04. The van der Waals surface area contributed by atoms with Crippen LogP contribution < -0.4 is 10.6 Å². The minimum Gasteiger partial charge on any atom is -0.472 e. The molecule has 15 heavy (non-hydrogen) atoms. The summed E-state index contributed by atoms with van der Waals surface area (Å²) in [4.78, 5) is 11.4. The minimum atomic E-state index is -0.0851. The highest BCUT2D eigenvalue weighted by Crippen LogP contribution is 2.21. The number of carbonyl (C=O) groups excluding carboxylic acids is 1. The Bertz CT molecular complexity index is 359. The molecule has 2 N–H and O–H groups in total. The smallest absolute Gasteiger partial charge is 0.237 e. The lowest BCUT2D eigenvalue weighted by molar-refractivity contribution is -0.125. The van der Waals surface area contributed by atoms with E-state index in [-0.39, 0.29) is 18.0 Å². The first kappa shape index (κ1) is 10.2. The summed E-state index contributed by atoms with van der Waals surface area (Å²) >= 11 is 0. The van der Waals surface area contributed by atoms with Crippen LogP contribution in [0.2, 0.25) is 0 Å². The number of aryl methyl sites for hydroxylation is 1. The molecule has 1 amide bonds. The number of hydrogen-bond acceptors (Lipinski definition) is 3. The Morgan fingerprint density at radius 1 is 1.53 bits per heavy atom. The van der Waals surface area contributed by atoms with Crippen molar-refractivity contribution in [3.63, 3.8) is 0 Å². The molecule has 0 aliphatic carbocycles. The Morgan fingerprint density at radius 2 is 2.33 bits per heavy atom. The average molecular weight is 208 g/mol. The Kier molecular flexibility index (Phi) is 2.77. The molecule has 1 aliphatic rings. The molecule has 0 saturated carbocycles. The van der Waals surface area contributed by atoms with Crippen molar-refractivity contribution in [1.82, 2.24) is 10.6 Å². The van der Waals surface area contributed by atoms with Crippen LogP contribution in [0.1, 0.15) is 30.5 Å².